The van der Waals surface area contributed by atoms with E-state index >= 15 is 0 Å². The maximum Gasteiger partial charge on any atom is 0.228 e. The average Bonchev–Trinajstić information content (AvgIpc) is 2.41. The Hall–Kier alpha value is -0.840. The molecule has 1 saturated heterocycles. The van der Waals surface area contributed by atoms with E-state index in [1.54, 1.807) is 6.07 Å². The number of halogens is 1. The average molecular weight is 285 g/mol. The SMILES string of the molecule is CC1CCCCCN1c1nc(N)cc(Br)n1. The Morgan fingerprint density at radius 1 is 1.38 bits per heavy atom. The van der Waals surface area contributed by atoms with Gasteiger partial charge in [-0.25, -0.2) is 4.98 Å². The fraction of sp³-hybridized carbons (Fsp3) is 0.636. The minimum atomic E-state index is 0.496. The summed E-state index contributed by atoms with van der Waals surface area (Å²) in [6, 6.07) is 2.22. The normalized spacial score (nSPS) is 21.9. The van der Waals surface area contributed by atoms with Gasteiger partial charge in [0.25, 0.3) is 0 Å². The quantitative estimate of drug-likeness (QED) is 0.806. The third-order valence-corrected chi connectivity index (χ3v) is 3.42. The highest BCUT2D eigenvalue weighted by molar-refractivity contribution is 9.10. The molecule has 1 aliphatic heterocycles. The topological polar surface area (TPSA) is 55.0 Å². The van der Waals surface area contributed by atoms with Crippen molar-refractivity contribution in [2.45, 2.75) is 38.6 Å². The molecule has 1 fully saturated rings. The van der Waals surface area contributed by atoms with Gasteiger partial charge in [-0.15, -0.1) is 0 Å². The lowest BCUT2D eigenvalue weighted by atomic mass is 10.1. The monoisotopic (exact) mass is 284 g/mol. The summed E-state index contributed by atoms with van der Waals surface area (Å²) in [5.74, 6) is 1.27. The number of hydrogen-bond acceptors (Lipinski definition) is 4. The first-order chi connectivity index (χ1) is 7.66. The molecule has 2 rings (SSSR count). The van der Waals surface area contributed by atoms with Crippen molar-refractivity contribution in [2.75, 3.05) is 17.2 Å². The van der Waals surface area contributed by atoms with Gasteiger partial charge in [0.2, 0.25) is 5.95 Å². The van der Waals surface area contributed by atoms with E-state index in [4.69, 9.17) is 5.73 Å². The first-order valence-corrected chi connectivity index (χ1v) is 6.53. The molecule has 4 nitrogen and oxygen atoms in total. The van der Waals surface area contributed by atoms with Crippen molar-refractivity contribution >= 4 is 27.7 Å². The Kier molecular flexibility index (Phi) is 3.63. The predicted octanol–water partition coefficient (Wildman–Crippen LogP) is 2.59. The van der Waals surface area contributed by atoms with E-state index in [2.05, 4.69) is 37.7 Å². The van der Waals surface area contributed by atoms with Crippen LogP contribution in [0.25, 0.3) is 0 Å². The lowest BCUT2D eigenvalue weighted by Gasteiger charge is -2.27. The van der Waals surface area contributed by atoms with Gasteiger partial charge in [-0.2, -0.15) is 4.98 Å². The third-order valence-electron chi connectivity index (χ3n) is 3.01. The summed E-state index contributed by atoms with van der Waals surface area (Å²) in [5.41, 5.74) is 5.74. The summed E-state index contributed by atoms with van der Waals surface area (Å²) >= 11 is 3.36. The second kappa shape index (κ2) is 4.99. The summed E-state index contributed by atoms with van der Waals surface area (Å²) in [7, 11) is 0. The largest absolute Gasteiger partial charge is 0.383 e. The van der Waals surface area contributed by atoms with Gasteiger partial charge in [0.15, 0.2) is 0 Å². The van der Waals surface area contributed by atoms with Crippen LogP contribution < -0.4 is 10.6 Å². The van der Waals surface area contributed by atoms with Crippen LogP contribution in [0.1, 0.15) is 32.6 Å². The molecule has 0 aromatic carbocycles. The summed E-state index contributed by atoms with van der Waals surface area (Å²) in [5, 5.41) is 0. The van der Waals surface area contributed by atoms with Crippen LogP contribution in [0.3, 0.4) is 0 Å². The fourth-order valence-corrected chi connectivity index (χ4v) is 2.52. The van der Waals surface area contributed by atoms with Gasteiger partial charge in [0, 0.05) is 18.7 Å². The molecule has 1 atom stereocenters. The molecule has 5 heteroatoms. The predicted molar refractivity (Wildman–Crippen MR) is 69.4 cm³/mol. The zero-order chi connectivity index (χ0) is 11.5. The molecule has 1 aromatic rings. The van der Waals surface area contributed by atoms with Crippen molar-refractivity contribution in [3.05, 3.63) is 10.7 Å². The molecule has 0 radical (unpaired) electrons. The van der Waals surface area contributed by atoms with Crippen molar-refractivity contribution in [1.82, 2.24) is 9.97 Å². The van der Waals surface area contributed by atoms with Gasteiger partial charge in [0.1, 0.15) is 10.4 Å². The highest BCUT2D eigenvalue weighted by Crippen LogP contribution is 2.23. The van der Waals surface area contributed by atoms with Crippen molar-refractivity contribution in [3.8, 4) is 0 Å². The van der Waals surface area contributed by atoms with E-state index < -0.39 is 0 Å². The molecule has 1 aliphatic rings. The van der Waals surface area contributed by atoms with Gasteiger partial charge < -0.3 is 10.6 Å². The lowest BCUT2D eigenvalue weighted by Crippen LogP contribution is -2.34. The van der Waals surface area contributed by atoms with Crippen molar-refractivity contribution in [1.29, 1.82) is 0 Å². The Balaban J connectivity index is 2.26. The first kappa shape index (κ1) is 11.6. The molecule has 0 amide bonds. The third kappa shape index (κ3) is 2.64. The maximum absolute atomic E-state index is 5.74. The van der Waals surface area contributed by atoms with Crippen LogP contribution in [0.5, 0.6) is 0 Å². The first-order valence-electron chi connectivity index (χ1n) is 5.73. The second-order valence-corrected chi connectivity index (χ2v) is 5.12. The molecule has 2 N–H and O–H groups in total. The Morgan fingerprint density at radius 3 is 2.94 bits per heavy atom. The van der Waals surface area contributed by atoms with Gasteiger partial charge in [-0.05, 0) is 35.7 Å². The molecular formula is C11H17BrN4. The highest BCUT2D eigenvalue weighted by atomic mass is 79.9. The number of rotatable bonds is 1. The number of nitrogen functional groups attached to an aromatic ring is 1. The summed E-state index contributed by atoms with van der Waals surface area (Å²) in [6.07, 6.45) is 5.00. The van der Waals surface area contributed by atoms with Crippen LogP contribution in [0, 0.1) is 0 Å². The number of nitrogens with two attached hydrogens (primary N) is 1. The molecule has 0 bridgehead atoms. The minimum absolute atomic E-state index is 0.496. The molecule has 16 heavy (non-hydrogen) atoms. The molecular weight excluding hydrogens is 268 g/mol. The summed E-state index contributed by atoms with van der Waals surface area (Å²) in [4.78, 5) is 11.0. The van der Waals surface area contributed by atoms with Gasteiger partial charge in [0.05, 0.1) is 0 Å². The lowest BCUT2D eigenvalue weighted by molar-refractivity contribution is 0.605. The van der Waals surface area contributed by atoms with E-state index in [0.29, 0.717) is 11.9 Å². The van der Waals surface area contributed by atoms with E-state index in [0.717, 1.165) is 17.1 Å². The van der Waals surface area contributed by atoms with E-state index in [1.807, 2.05) is 0 Å². The maximum atomic E-state index is 5.74. The number of anilines is 2. The molecule has 1 aromatic heterocycles. The molecule has 0 aliphatic carbocycles. The fourth-order valence-electron chi connectivity index (χ4n) is 2.12. The Morgan fingerprint density at radius 2 is 2.19 bits per heavy atom. The Bertz CT molecular complexity index is 349. The summed E-state index contributed by atoms with van der Waals surface area (Å²) in [6.45, 7) is 3.25. The standard InChI is InChI=1S/C11H17BrN4/c1-8-5-3-2-4-6-16(8)11-14-9(12)7-10(13)15-11/h7-8H,2-6H2,1H3,(H2,13,14,15). The molecule has 0 spiro atoms. The van der Waals surface area contributed by atoms with Crippen LogP contribution in [0.2, 0.25) is 0 Å². The van der Waals surface area contributed by atoms with E-state index in [-0.39, 0.29) is 0 Å². The number of nitrogens with zero attached hydrogens (tertiary/aromatic N) is 3. The van der Waals surface area contributed by atoms with Crippen LogP contribution in [0.4, 0.5) is 11.8 Å². The van der Waals surface area contributed by atoms with Gasteiger partial charge >= 0.3 is 0 Å². The molecule has 2 heterocycles. The van der Waals surface area contributed by atoms with Crippen molar-refractivity contribution in [2.24, 2.45) is 0 Å². The second-order valence-electron chi connectivity index (χ2n) is 4.31. The molecule has 88 valence electrons. The zero-order valence-corrected chi connectivity index (χ0v) is 11.1. The minimum Gasteiger partial charge on any atom is -0.383 e. The summed E-state index contributed by atoms with van der Waals surface area (Å²) < 4.78 is 0.756. The van der Waals surface area contributed by atoms with Crippen molar-refractivity contribution in [3.63, 3.8) is 0 Å². The van der Waals surface area contributed by atoms with Crippen LogP contribution in [0.15, 0.2) is 10.7 Å². The van der Waals surface area contributed by atoms with Crippen molar-refractivity contribution < 1.29 is 0 Å². The smallest absolute Gasteiger partial charge is 0.228 e. The molecule has 1 unspecified atom stereocenters. The Labute approximate surface area is 104 Å². The number of aromatic nitrogens is 2. The number of hydrogen-bond donors (Lipinski definition) is 1. The highest BCUT2D eigenvalue weighted by Gasteiger charge is 2.19. The van der Waals surface area contributed by atoms with Crippen LogP contribution in [-0.4, -0.2) is 22.6 Å². The zero-order valence-electron chi connectivity index (χ0n) is 9.49. The van der Waals surface area contributed by atoms with Gasteiger partial charge in [-0.1, -0.05) is 12.8 Å². The molecule has 0 saturated carbocycles. The van der Waals surface area contributed by atoms with E-state index in [9.17, 15) is 0 Å². The van der Waals surface area contributed by atoms with E-state index in [1.165, 1.54) is 25.7 Å². The van der Waals surface area contributed by atoms with Gasteiger partial charge in [-0.3, -0.25) is 0 Å². The van der Waals surface area contributed by atoms with Crippen LogP contribution >= 0.6 is 15.9 Å². The van der Waals surface area contributed by atoms with Crippen LogP contribution in [-0.2, 0) is 0 Å².